The minimum atomic E-state index is -3.03. The first-order chi connectivity index (χ1) is 31.1. The van der Waals surface area contributed by atoms with Gasteiger partial charge in [0, 0.05) is 43.0 Å². The van der Waals surface area contributed by atoms with E-state index in [1.54, 1.807) is 24.4 Å². The normalized spacial score (nSPS) is 23.6. The topological polar surface area (TPSA) is 288 Å². The van der Waals surface area contributed by atoms with Gasteiger partial charge in [0.15, 0.2) is 22.7 Å². The minimum absolute atomic E-state index is 0.00225. The van der Waals surface area contributed by atoms with Crippen molar-refractivity contribution in [2.45, 2.75) is 75.0 Å². The number of carboxylic acid groups (broad SMARTS) is 1. The molecule has 0 amide bonds. The van der Waals surface area contributed by atoms with E-state index in [1.165, 1.54) is 41.7 Å². The van der Waals surface area contributed by atoms with Crippen LogP contribution in [-0.2, 0) is 28.7 Å². The van der Waals surface area contributed by atoms with Gasteiger partial charge in [0.25, 0.3) is 0 Å². The maximum absolute atomic E-state index is 13.7. The third-order valence-corrected chi connectivity index (χ3v) is 11.5. The molecule has 7 rings (SSSR count). The SMILES string of the molecule is Cc1cc(C)cc(C2=C3N=CC=C3CN2OC2C(Oc3ccc4c(=O)c(-c5ccc(O)cc5)coc4c3)OC(COC(=O)C(NCCC=O)C(=O)O)C(O)(CO)C2(O)C(O)CCCO)c1. The summed E-state index contributed by atoms with van der Waals surface area (Å²) in [4.78, 5) is 61.0. The molecule has 3 aliphatic rings. The van der Waals surface area contributed by atoms with Crippen molar-refractivity contribution in [1.29, 1.82) is 0 Å². The van der Waals surface area contributed by atoms with Crippen LogP contribution in [0.4, 0.5) is 0 Å². The zero-order valence-electron chi connectivity index (χ0n) is 35.3. The van der Waals surface area contributed by atoms with Gasteiger partial charge in [0.05, 0.1) is 41.6 Å². The zero-order chi connectivity index (χ0) is 46.6. The number of aliphatic hydroxyl groups excluding tert-OH is 3. The second kappa shape index (κ2) is 19.4. The van der Waals surface area contributed by atoms with E-state index >= 15 is 0 Å². The van der Waals surface area contributed by atoms with Gasteiger partial charge in [-0.1, -0.05) is 29.3 Å². The van der Waals surface area contributed by atoms with Gasteiger partial charge in [0.1, 0.15) is 42.3 Å². The highest BCUT2D eigenvalue weighted by molar-refractivity contribution is 5.98. The second-order valence-electron chi connectivity index (χ2n) is 16.0. The second-order valence-corrected chi connectivity index (χ2v) is 16.0. The van der Waals surface area contributed by atoms with Gasteiger partial charge in [-0.3, -0.25) is 19.9 Å². The summed E-state index contributed by atoms with van der Waals surface area (Å²) in [5, 5.41) is 81.8. The fraction of sp³-hybridized carbons (Fsp3) is 0.370. The van der Waals surface area contributed by atoms with Crippen molar-refractivity contribution in [2.24, 2.45) is 4.99 Å². The Bertz CT molecular complexity index is 2570. The number of aliphatic carboxylic acids is 1. The molecule has 0 bridgehead atoms. The molecule has 4 aromatic rings. The smallest absolute Gasteiger partial charge is 0.334 e. The van der Waals surface area contributed by atoms with Crippen LogP contribution in [0, 0.1) is 13.8 Å². The Balaban J connectivity index is 1.32. The third kappa shape index (κ3) is 9.18. The van der Waals surface area contributed by atoms with Gasteiger partial charge < -0.3 is 59.2 Å². The van der Waals surface area contributed by atoms with Crippen LogP contribution < -0.4 is 15.5 Å². The van der Waals surface area contributed by atoms with Crippen molar-refractivity contribution in [3.05, 3.63) is 111 Å². The van der Waals surface area contributed by atoms with Crippen molar-refractivity contribution in [1.82, 2.24) is 10.4 Å². The molecule has 3 aliphatic heterocycles. The van der Waals surface area contributed by atoms with Gasteiger partial charge in [0.2, 0.25) is 12.3 Å². The molecule has 1 fully saturated rings. The summed E-state index contributed by atoms with van der Waals surface area (Å²) < 4.78 is 23.9. The minimum Gasteiger partial charge on any atom is -0.508 e. The zero-order valence-corrected chi connectivity index (χ0v) is 35.3. The molecule has 7 unspecified atom stereocenters. The number of aliphatic hydroxyl groups is 5. The van der Waals surface area contributed by atoms with Crippen LogP contribution in [0.5, 0.6) is 11.5 Å². The van der Waals surface area contributed by atoms with E-state index < -0.39 is 79.0 Å². The quantitative estimate of drug-likeness (QED) is 0.0287. The molecule has 1 aromatic heterocycles. The van der Waals surface area contributed by atoms with Gasteiger partial charge in [-0.25, -0.2) is 14.7 Å². The van der Waals surface area contributed by atoms with Crippen molar-refractivity contribution in [2.75, 3.05) is 32.9 Å². The molecule has 7 atom stereocenters. The molecular formula is C46H49N3O16. The number of benzene rings is 3. The Morgan fingerprint density at radius 3 is 2.46 bits per heavy atom. The Hall–Kier alpha value is -6.29. The van der Waals surface area contributed by atoms with E-state index in [2.05, 4.69) is 10.3 Å². The number of carbonyl (C=O) groups is 3. The van der Waals surface area contributed by atoms with Gasteiger partial charge in [-0.2, -0.15) is 0 Å². The lowest BCUT2D eigenvalue weighted by Gasteiger charge is -2.57. The van der Waals surface area contributed by atoms with E-state index in [-0.39, 0.29) is 60.4 Å². The molecule has 1 saturated heterocycles. The van der Waals surface area contributed by atoms with Crippen LogP contribution in [0.2, 0.25) is 0 Å². The summed E-state index contributed by atoms with van der Waals surface area (Å²) in [6, 6.07) is 13.8. The van der Waals surface area contributed by atoms with Gasteiger partial charge >= 0.3 is 11.9 Å². The Kier molecular flexibility index (Phi) is 14.0. The number of allylic oxidation sites excluding steroid dienone is 1. The number of hydrogen-bond donors (Lipinski definition) is 8. The summed E-state index contributed by atoms with van der Waals surface area (Å²) in [6.07, 6.45) is -3.45. The standard InChI is InChI=1S/C46H49N3O16/c1-25-17-26(2)19-29(18-25)39-37-28(12-14-48-37)21-49(39)65-41-44(63-31-10-11-32-34(20-31)61-22-33(40(32)55)27-6-8-30(53)9-7-27)64-36(23-62-43(58)38(42(56)57)47-13-4-16-51)45(59,24-52)46(41,60)35(54)5-3-15-50/h6-12,14,16-20,22,35-36,38,41,44,47,50,52-54,59-60H,3-5,13,15,21,23-24H2,1-2H3,(H,56,57). The van der Waals surface area contributed by atoms with Crippen LogP contribution in [-0.4, -0.2) is 140 Å². The molecule has 19 heteroatoms. The number of aldehydes is 1. The number of phenols is 1. The number of hydroxylamine groups is 2. The highest BCUT2D eigenvalue weighted by atomic mass is 16.8. The third-order valence-electron chi connectivity index (χ3n) is 11.5. The summed E-state index contributed by atoms with van der Waals surface area (Å²) in [5.74, 6) is -3.10. The van der Waals surface area contributed by atoms with E-state index in [4.69, 9.17) is 23.5 Å². The number of phenolic OH excluding ortho intramolecular Hbond substituents is 1. The number of nitrogens with zero attached hydrogens (tertiary/aromatic N) is 2. The lowest BCUT2D eigenvalue weighted by Crippen LogP contribution is -2.81. The number of aliphatic imine (C=N–C) groups is 1. The van der Waals surface area contributed by atoms with E-state index in [1.807, 2.05) is 32.0 Å². The molecule has 4 heterocycles. The Morgan fingerprint density at radius 2 is 1.78 bits per heavy atom. The highest BCUT2D eigenvalue weighted by Gasteiger charge is 2.70. The van der Waals surface area contributed by atoms with Crippen molar-refractivity contribution in [3.63, 3.8) is 0 Å². The molecule has 0 aliphatic carbocycles. The number of hydrogen-bond acceptors (Lipinski definition) is 18. The first-order valence-electron chi connectivity index (χ1n) is 20.7. The fourth-order valence-corrected chi connectivity index (χ4v) is 8.30. The van der Waals surface area contributed by atoms with Crippen molar-refractivity contribution < 1.29 is 73.6 Å². The molecule has 65 heavy (non-hydrogen) atoms. The number of aromatic hydroxyl groups is 1. The maximum atomic E-state index is 13.7. The molecule has 3 aromatic carbocycles. The molecule has 0 radical (unpaired) electrons. The number of nitrogens with one attached hydrogen (secondary N) is 1. The Labute approximate surface area is 371 Å². The van der Waals surface area contributed by atoms with Crippen molar-refractivity contribution >= 4 is 41.1 Å². The van der Waals surface area contributed by atoms with E-state index in [0.29, 0.717) is 34.4 Å². The van der Waals surface area contributed by atoms with Crippen LogP contribution in [0.25, 0.3) is 27.8 Å². The van der Waals surface area contributed by atoms with Crippen LogP contribution in [0.1, 0.15) is 36.0 Å². The molecule has 344 valence electrons. The number of rotatable bonds is 19. The lowest BCUT2D eigenvalue weighted by molar-refractivity contribution is -0.402. The summed E-state index contributed by atoms with van der Waals surface area (Å²) in [6.45, 7) is 0.774. The van der Waals surface area contributed by atoms with Crippen LogP contribution >= 0.6 is 0 Å². The number of fused-ring (bicyclic) bond motifs is 2. The first-order valence-corrected chi connectivity index (χ1v) is 20.7. The lowest BCUT2D eigenvalue weighted by atomic mass is 9.68. The maximum Gasteiger partial charge on any atom is 0.334 e. The number of ether oxygens (including phenoxy) is 3. The molecule has 19 nitrogen and oxygen atoms in total. The number of carboxylic acids is 1. The molecule has 0 saturated carbocycles. The molecular weight excluding hydrogens is 851 g/mol. The fourth-order valence-electron chi connectivity index (χ4n) is 8.30. The largest absolute Gasteiger partial charge is 0.508 e. The predicted octanol–water partition coefficient (Wildman–Crippen LogP) is 1.64. The van der Waals surface area contributed by atoms with Crippen LogP contribution in [0.15, 0.2) is 98.5 Å². The van der Waals surface area contributed by atoms with Gasteiger partial charge in [-0.15, -0.1) is 0 Å². The summed E-state index contributed by atoms with van der Waals surface area (Å²) >= 11 is 0. The summed E-state index contributed by atoms with van der Waals surface area (Å²) in [5.41, 5.74) is -1.57. The Morgan fingerprint density at radius 1 is 1.05 bits per heavy atom. The monoisotopic (exact) mass is 899 g/mol. The first kappa shape index (κ1) is 46.7. The van der Waals surface area contributed by atoms with Gasteiger partial charge in [-0.05, 0) is 74.7 Å². The van der Waals surface area contributed by atoms with Crippen molar-refractivity contribution in [3.8, 4) is 22.6 Å². The number of esters is 1. The molecule has 8 N–H and O–H groups in total. The average Bonchev–Trinajstić information content (AvgIpc) is 3.87. The average molecular weight is 900 g/mol. The summed E-state index contributed by atoms with van der Waals surface area (Å²) in [7, 11) is 0. The number of carbonyl (C=O) groups excluding carboxylic acids is 2. The number of aryl methyl sites for hydroxylation is 2. The van der Waals surface area contributed by atoms with E-state index in [9.17, 15) is 54.9 Å². The van der Waals surface area contributed by atoms with Crippen LogP contribution in [0.3, 0.4) is 0 Å². The van der Waals surface area contributed by atoms with E-state index in [0.717, 1.165) is 11.1 Å². The predicted molar refractivity (Wildman–Crippen MR) is 230 cm³/mol. The molecule has 0 spiro atoms. The highest BCUT2D eigenvalue weighted by Crippen LogP contribution is 2.47.